The van der Waals surface area contributed by atoms with Crippen molar-refractivity contribution >= 4 is 5.97 Å². The number of carbonyl (C=O) groups is 1. The maximum atomic E-state index is 11.6. The van der Waals surface area contributed by atoms with Crippen molar-refractivity contribution in [3.8, 4) is 5.75 Å². The molecule has 4 heteroatoms. The SMILES string of the molecule is CCOC(=O)c1ccc(OC(CCN)c2ccccc2)cc1. The van der Waals surface area contributed by atoms with Gasteiger partial charge < -0.3 is 15.2 Å². The second-order valence-electron chi connectivity index (χ2n) is 4.84. The number of rotatable bonds is 7. The molecule has 4 nitrogen and oxygen atoms in total. The van der Waals surface area contributed by atoms with E-state index < -0.39 is 0 Å². The van der Waals surface area contributed by atoms with Crippen LogP contribution >= 0.6 is 0 Å². The fourth-order valence-corrected chi connectivity index (χ4v) is 2.16. The van der Waals surface area contributed by atoms with E-state index in [1.807, 2.05) is 30.3 Å². The molecule has 0 fully saturated rings. The predicted molar refractivity (Wildman–Crippen MR) is 85.9 cm³/mol. The van der Waals surface area contributed by atoms with E-state index in [2.05, 4.69) is 0 Å². The fourth-order valence-electron chi connectivity index (χ4n) is 2.16. The van der Waals surface area contributed by atoms with Gasteiger partial charge in [-0.3, -0.25) is 0 Å². The van der Waals surface area contributed by atoms with Crippen LogP contribution < -0.4 is 10.5 Å². The maximum Gasteiger partial charge on any atom is 0.338 e. The molecule has 0 saturated heterocycles. The zero-order valence-corrected chi connectivity index (χ0v) is 12.7. The first kappa shape index (κ1) is 16.0. The number of nitrogens with two attached hydrogens (primary N) is 1. The van der Waals surface area contributed by atoms with Gasteiger partial charge in [-0.15, -0.1) is 0 Å². The number of hydrogen-bond acceptors (Lipinski definition) is 4. The summed E-state index contributed by atoms with van der Waals surface area (Å²) in [6.45, 7) is 2.69. The average molecular weight is 299 g/mol. The molecular formula is C18H21NO3. The van der Waals surface area contributed by atoms with Gasteiger partial charge in [0.15, 0.2) is 0 Å². The average Bonchev–Trinajstić information content (AvgIpc) is 2.56. The molecule has 0 bridgehead atoms. The Hall–Kier alpha value is -2.33. The Labute approximate surface area is 130 Å². The van der Waals surface area contributed by atoms with Gasteiger partial charge in [0, 0.05) is 6.42 Å². The van der Waals surface area contributed by atoms with E-state index in [4.69, 9.17) is 15.2 Å². The van der Waals surface area contributed by atoms with E-state index in [1.165, 1.54) is 0 Å². The molecular weight excluding hydrogens is 278 g/mol. The van der Waals surface area contributed by atoms with Crippen LogP contribution in [-0.4, -0.2) is 19.1 Å². The minimum atomic E-state index is -0.324. The highest BCUT2D eigenvalue weighted by Crippen LogP contribution is 2.24. The van der Waals surface area contributed by atoms with Gasteiger partial charge >= 0.3 is 5.97 Å². The van der Waals surface area contributed by atoms with Crippen LogP contribution in [0.5, 0.6) is 5.75 Å². The van der Waals surface area contributed by atoms with E-state index in [0.717, 1.165) is 12.0 Å². The minimum Gasteiger partial charge on any atom is -0.486 e. The Balaban J connectivity index is 2.09. The molecule has 0 saturated carbocycles. The van der Waals surface area contributed by atoms with Crippen molar-refractivity contribution in [3.05, 3.63) is 65.7 Å². The van der Waals surface area contributed by atoms with Gasteiger partial charge in [0.1, 0.15) is 11.9 Å². The summed E-state index contributed by atoms with van der Waals surface area (Å²) in [5, 5.41) is 0. The summed E-state index contributed by atoms with van der Waals surface area (Å²) in [6.07, 6.45) is 0.628. The first-order chi connectivity index (χ1) is 10.7. The van der Waals surface area contributed by atoms with Gasteiger partial charge in [-0.25, -0.2) is 4.79 Å². The zero-order chi connectivity index (χ0) is 15.8. The molecule has 0 radical (unpaired) electrons. The molecule has 1 unspecified atom stereocenters. The topological polar surface area (TPSA) is 61.5 Å². The Morgan fingerprint density at radius 1 is 1.09 bits per heavy atom. The number of ether oxygens (including phenoxy) is 2. The van der Waals surface area contributed by atoms with Crippen molar-refractivity contribution in [3.63, 3.8) is 0 Å². The van der Waals surface area contributed by atoms with Crippen LogP contribution in [0.2, 0.25) is 0 Å². The van der Waals surface area contributed by atoms with Crippen molar-refractivity contribution in [2.24, 2.45) is 5.73 Å². The summed E-state index contributed by atoms with van der Waals surface area (Å²) in [6, 6.07) is 16.9. The molecule has 0 spiro atoms. The second-order valence-corrected chi connectivity index (χ2v) is 4.84. The lowest BCUT2D eigenvalue weighted by molar-refractivity contribution is 0.0526. The van der Waals surface area contributed by atoms with Crippen molar-refractivity contribution in [1.82, 2.24) is 0 Å². The van der Waals surface area contributed by atoms with Crippen LogP contribution in [0.15, 0.2) is 54.6 Å². The molecule has 2 rings (SSSR count). The summed E-state index contributed by atoms with van der Waals surface area (Å²) < 4.78 is 11.0. The van der Waals surface area contributed by atoms with Gasteiger partial charge in [-0.2, -0.15) is 0 Å². The highest BCUT2D eigenvalue weighted by molar-refractivity contribution is 5.89. The monoisotopic (exact) mass is 299 g/mol. The lowest BCUT2D eigenvalue weighted by Gasteiger charge is -2.19. The largest absolute Gasteiger partial charge is 0.486 e. The van der Waals surface area contributed by atoms with E-state index in [9.17, 15) is 4.79 Å². The highest BCUT2D eigenvalue weighted by Gasteiger charge is 2.13. The number of esters is 1. The first-order valence-corrected chi connectivity index (χ1v) is 7.43. The quantitative estimate of drug-likeness (QED) is 0.797. The first-order valence-electron chi connectivity index (χ1n) is 7.43. The molecule has 2 aromatic rings. The summed E-state index contributed by atoms with van der Waals surface area (Å²) in [7, 11) is 0. The van der Waals surface area contributed by atoms with E-state index in [-0.39, 0.29) is 12.1 Å². The van der Waals surface area contributed by atoms with Crippen LogP contribution in [0.1, 0.15) is 35.4 Å². The van der Waals surface area contributed by atoms with Gasteiger partial charge in [0.05, 0.1) is 12.2 Å². The Morgan fingerprint density at radius 3 is 2.36 bits per heavy atom. The molecule has 1 atom stereocenters. The molecule has 0 aliphatic carbocycles. The molecule has 0 aromatic heterocycles. The fraction of sp³-hybridized carbons (Fsp3) is 0.278. The molecule has 2 aromatic carbocycles. The lowest BCUT2D eigenvalue weighted by atomic mass is 10.1. The Kier molecular flexibility index (Phi) is 5.98. The third-order valence-electron chi connectivity index (χ3n) is 3.24. The van der Waals surface area contributed by atoms with Crippen LogP contribution in [0.4, 0.5) is 0 Å². The Bertz CT molecular complexity index is 581. The molecule has 0 aliphatic rings. The van der Waals surface area contributed by atoms with Gasteiger partial charge in [0.25, 0.3) is 0 Å². The number of carbonyl (C=O) groups excluding carboxylic acids is 1. The standard InChI is InChI=1S/C18H21NO3/c1-2-21-18(20)15-8-10-16(11-9-15)22-17(12-13-19)14-6-4-3-5-7-14/h3-11,17H,2,12-13,19H2,1H3. The Morgan fingerprint density at radius 2 is 1.77 bits per heavy atom. The summed E-state index contributed by atoms with van der Waals surface area (Å²) in [5.74, 6) is 0.381. The molecule has 0 aliphatic heterocycles. The second kappa shape index (κ2) is 8.20. The van der Waals surface area contributed by atoms with Crippen LogP contribution in [0.25, 0.3) is 0 Å². The zero-order valence-electron chi connectivity index (χ0n) is 12.7. The normalized spacial score (nSPS) is 11.7. The number of benzene rings is 2. The molecule has 116 valence electrons. The third-order valence-corrected chi connectivity index (χ3v) is 3.24. The molecule has 2 N–H and O–H groups in total. The van der Waals surface area contributed by atoms with Crippen molar-refractivity contribution in [1.29, 1.82) is 0 Å². The maximum absolute atomic E-state index is 11.6. The van der Waals surface area contributed by atoms with E-state index in [1.54, 1.807) is 31.2 Å². The smallest absolute Gasteiger partial charge is 0.338 e. The molecule has 0 heterocycles. The summed E-state index contributed by atoms with van der Waals surface area (Å²) in [4.78, 5) is 11.6. The van der Waals surface area contributed by atoms with Gasteiger partial charge in [-0.1, -0.05) is 30.3 Å². The summed E-state index contributed by atoms with van der Waals surface area (Å²) >= 11 is 0. The number of hydrogen-bond donors (Lipinski definition) is 1. The van der Waals surface area contributed by atoms with Gasteiger partial charge in [0.2, 0.25) is 0 Å². The third kappa shape index (κ3) is 4.33. The van der Waals surface area contributed by atoms with Crippen molar-refractivity contribution in [2.45, 2.75) is 19.4 Å². The highest BCUT2D eigenvalue weighted by atomic mass is 16.5. The van der Waals surface area contributed by atoms with Crippen LogP contribution in [0.3, 0.4) is 0 Å². The van der Waals surface area contributed by atoms with E-state index >= 15 is 0 Å². The van der Waals surface area contributed by atoms with Crippen LogP contribution in [-0.2, 0) is 4.74 Å². The lowest BCUT2D eigenvalue weighted by Crippen LogP contribution is -2.13. The molecule has 22 heavy (non-hydrogen) atoms. The van der Waals surface area contributed by atoms with Gasteiger partial charge in [-0.05, 0) is 43.3 Å². The summed E-state index contributed by atoms with van der Waals surface area (Å²) in [5.41, 5.74) is 7.28. The van der Waals surface area contributed by atoms with Crippen LogP contribution in [0, 0.1) is 0 Å². The van der Waals surface area contributed by atoms with Crippen molar-refractivity contribution < 1.29 is 14.3 Å². The minimum absolute atomic E-state index is 0.0976. The molecule has 0 amide bonds. The van der Waals surface area contributed by atoms with Crippen molar-refractivity contribution in [2.75, 3.05) is 13.2 Å². The van der Waals surface area contributed by atoms with E-state index in [0.29, 0.717) is 24.5 Å². The predicted octanol–water partition coefficient (Wildman–Crippen LogP) is 3.33.